The van der Waals surface area contributed by atoms with Gasteiger partial charge < -0.3 is 4.74 Å². The van der Waals surface area contributed by atoms with Crippen molar-refractivity contribution in [1.82, 2.24) is 14.8 Å². The highest BCUT2D eigenvalue weighted by molar-refractivity contribution is 7.20. The van der Waals surface area contributed by atoms with E-state index in [9.17, 15) is 9.59 Å². The van der Waals surface area contributed by atoms with E-state index >= 15 is 0 Å². The second-order valence-corrected chi connectivity index (χ2v) is 8.40. The van der Waals surface area contributed by atoms with Crippen LogP contribution in [0.5, 0.6) is 0 Å². The number of nitrogens with one attached hydrogen (secondary N) is 1. The van der Waals surface area contributed by atoms with Crippen molar-refractivity contribution in [3.63, 3.8) is 0 Å². The highest BCUT2D eigenvalue weighted by atomic mass is 35.5. The van der Waals surface area contributed by atoms with Gasteiger partial charge in [-0.05, 0) is 49.7 Å². The average molecular weight is 455 g/mol. The lowest BCUT2D eigenvalue weighted by Crippen LogP contribution is -2.20. The Kier molecular flexibility index (Phi) is 5.75. The number of aliphatic imine (C=N–C) groups is 1. The summed E-state index contributed by atoms with van der Waals surface area (Å²) in [6.07, 6.45) is -0.0918. The van der Waals surface area contributed by atoms with E-state index in [1.54, 1.807) is 25.1 Å². The van der Waals surface area contributed by atoms with E-state index in [0.29, 0.717) is 32.8 Å². The molecule has 7 nitrogen and oxygen atoms in total. The predicted octanol–water partition coefficient (Wildman–Crippen LogP) is 4.59. The van der Waals surface area contributed by atoms with E-state index in [-0.39, 0.29) is 12.0 Å². The molecule has 0 spiro atoms. The molecule has 0 bridgehead atoms. The summed E-state index contributed by atoms with van der Waals surface area (Å²) in [5.74, 6) is -0.463. The van der Waals surface area contributed by atoms with Crippen molar-refractivity contribution >= 4 is 50.5 Å². The van der Waals surface area contributed by atoms with Crippen LogP contribution in [-0.2, 0) is 16.0 Å². The minimum absolute atomic E-state index is 0.0918. The van der Waals surface area contributed by atoms with Crippen LogP contribution < -0.4 is 5.56 Å². The Bertz CT molecular complexity index is 1350. The monoisotopic (exact) mass is 454 g/mol. The molecule has 0 unspecified atom stereocenters. The lowest BCUT2D eigenvalue weighted by Gasteiger charge is -2.04. The van der Waals surface area contributed by atoms with Crippen LogP contribution in [0, 0.1) is 6.92 Å². The summed E-state index contributed by atoms with van der Waals surface area (Å²) in [6.45, 7) is 3.63. The van der Waals surface area contributed by atoms with E-state index in [0.717, 1.165) is 15.8 Å². The maximum Gasteiger partial charge on any atom is 0.311 e. The van der Waals surface area contributed by atoms with E-state index < -0.39 is 5.97 Å². The van der Waals surface area contributed by atoms with Crippen molar-refractivity contribution < 1.29 is 9.53 Å². The van der Waals surface area contributed by atoms with E-state index in [4.69, 9.17) is 16.3 Å². The number of carbonyl (C=O) groups is 1. The highest BCUT2D eigenvalue weighted by Gasteiger charge is 2.22. The predicted molar refractivity (Wildman–Crippen MR) is 123 cm³/mol. The van der Waals surface area contributed by atoms with E-state index in [2.05, 4.69) is 15.1 Å². The average Bonchev–Trinajstić information content (AvgIpc) is 3.30. The maximum atomic E-state index is 13.4. The molecule has 4 rings (SSSR count). The summed E-state index contributed by atoms with van der Waals surface area (Å²) >= 11 is 7.42. The van der Waals surface area contributed by atoms with E-state index in [1.165, 1.54) is 23.1 Å². The number of hydrogen-bond acceptors (Lipinski definition) is 6. The molecule has 2 aromatic heterocycles. The first-order chi connectivity index (χ1) is 14.9. The summed E-state index contributed by atoms with van der Waals surface area (Å²) in [5.41, 5.74) is 3.25. The summed E-state index contributed by atoms with van der Waals surface area (Å²) in [5, 5.41) is 4.13. The van der Waals surface area contributed by atoms with Gasteiger partial charge in [-0.1, -0.05) is 35.1 Å². The normalized spacial score (nSPS) is 11.8. The Balaban J connectivity index is 1.86. The van der Waals surface area contributed by atoms with Crippen LogP contribution in [0.4, 0.5) is 5.69 Å². The maximum absolute atomic E-state index is 13.4. The van der Waals surface area contributed by atoms with E-state index in [1.807, 2.05) is 31.2 Å². The number of thiazole rings is 1. The molecule has 0 radical (unpaired) electrons. The van der Waals surface area contributed by atoms with Gasteiger partial charge in [0.2, 0.25) is 5.13 Å². The Morgan fingerprint density at radius 3 is 2.77 bits per heavy atom. The van der Waals surface area contributed by atoms with Crippen molar-refractivity contribution in [3.8, 4) is 5.13 Å². The van der Waals surface area contributed by atoms with Crippen LogP contribution in [0.25, 0.3) is 15.3 Å². The molecule has 158 valence electrons. The van der Waals surface area contributed by atoms with Crippen molar-refractivity contribution in [2.75, 3.05) is 7.11 Å². The van der Waals surface area contributed by atoms with Crippen molar-refractivity contribution in [1.29, 1.82) is 0 Å². The summed E-state index contributed by atoms with van der Waals surface area (Å²) in [7, 11) is 1.31. The van der Waals surface area contributed by atoms with Gasteiger partial charge in [-0.2, -0.15) is 4.68 Å². The third kappa shape index (κ3) is 4.17. The number of para-hydroxylation sites is 1. The molecule has 0 saturated heterocycles. The number of aromatic amines is 1. The molecule has 2 aromatic carbocycles. The first kappa shape index (κ1) is 21.0. The first-order valence-electron chi connectivity index (χ1n) is 9.46. The van der Waals surface area contributed by atoms with Gasteiger partial charge in [0.05, 0.1) is 46.4 Å². The van der Waals surface area contributed by atoms with Crippen LogP contribution in [-0.4, -0.2) is 33.6 Å². The molecule has 31 heavy (non-hydrogen) atoms. The molecule has 0 aliphatic heterocycles. The Morgan fingerprint density at radius 1 is 1.29 bits per heavy atom. The topological polar surface area (TPSA) is 89.3 Å². The number of benzene rings is 2. The summed E-state index contributed by atoms with van der Waals surface area (Å²) in [6, 6.07) is 13.0. The number of H-pyrrole nitrogens is 1. The molecule has 0 fully saturated rings. The lowest BCUT2D eigenvalue weighted by atomic mass is 10.1. The van der Waals surface area contributed by atoms with Crippen LogP contribution in [0.15, 0.2) is 52.3 Å². The summed E-state index contributed by atoms with van der Waals surface area (Å²) in [4.78, 5) is 34.5. The second kappa shape index (κ2) is 8.49. The zero-order valence-electron chi connectivity index (χ0n) is 17.1. The third-order valence-corrected chi connectivity index (χ3v) is 6.05. The fraction of sp³-hybridized carbons (Fsp3) is 0.182. The number of fused-ring (bicyclic) bond motifs is 1. The van der Waals surface area contributed by atoms with Crippen LogP contribution >= 0.6 is 22.9 Å². The zero-order chi connectivity index (χ0) is 22.1. The van der Waals surface area contributed by atoms with Gasteiger partial charge in [0.25, 0.3) is 5.56 Å². The molecular formula is C22H19ClN4O3S. The van der Waals surface area contributed by atoms with Crippen molar-refractivity contribution in [3.05, 3.63) is 74.7 Å². The molecule has 0 aliphatic carbocycles. The SMILES string of the molecule is COC(=O)Cc1[nH]n(-c2nc3ccccc3s2)c(=O)c1C(C)=Nc1ccc(Cl)cc1C. The minimum Gasteiger partial charge on any atom is -0.469 e. The first-order valence-corrected chi connectivity index (χ1v) is 10.7. The van der Waals surface area contributed by atoms with Gasteiger partial charge in [0.1, 0.15) is 0 Å². The van der Waals surface area contributed by atoms with Crippen molar-refractivity contribution in [2.24, 2.45) is 4.99 Å². The standard InChI is InChI=1S/C22H19ClN4O3S/c1-12-10-14(23)8-9-15(12)24-13(2)20-17(11-19(28)30-3)26-27(21(20)29)22-25-16-6-4-5-7-18(16)31-22/h4-10,26H,11H2,1-3H3. The molecule has 0 amide bonds. The van der Waals surface area contributed by atoms with Crippen LogP contribution in [0.1, 0.15) is 23.7 Å². The number of rotatable bonds is 5. The zero-order valence-corrected chi connectivity index (χ0v) is 18.7. The fourth-order valence-electron chi connectivity index (χ4n) is 3.27. The van der Waals surface area contributed by atoms with Gasteiger partial charge in [-0.15, -0.1) is 0 Å². The number of halogens is 1. The van der Waals surface area contributed by atoms with Gasteiger partial charge >= 0.3 is 5.97 Å². The Hall–Kier alpha value is -3.23. The molecular weight excluding hydrogens is 436 g/mol. The molecule has 2 heterocycles. The summed E-state index contributed by atoms with van der Waals surface area (Å²) < 4.78 is 7.11. The van der Waals surface area contributed by atoms with Gasteiger partial charge in [0.15, 0.2) is 0 Å². The van der Waals surface area contributed by atoms with Gasteiger partial charge in [0, 0.05) is 5.02 Å². The molecule has 0 aliphatic rings. The minimum atomic E-state index is -0.463. The Morgan fingerprint density at radius 2 is 2.06 bits per heavy atom. The van der Waals surface area contributed by atoms with Crippen molar-refractivity contribution in [2.45, 2.75) is 20.3 Å². The number of methoxy groups -OCH3 is 1. The van der Waals surface area contributed by atoms with Gasteiger partial charge in [-0.25, -0.2) is 4.98 Å². The number of aryl methyl sites for hydroxylation is 1. The lowest BCUT2D eigenvalue weighted by molar-refractivity contribution is -0.139. The second-order valence-electron chi connectivity index (χ2n) is 6.95. The molecule has 1 N–H and O–H groups in total. The third-order valence-electron chi connectivity index (χ3n) is 4.80. The van der Waals surface area contributed by atoms with Gasteiger partial charge in [-0.3, -0.25) is 19.7 Å². The number of esters is 1. The molecule has 0 atom stereocenters. The Labute approximate surface area is 187 Å². The quantitative estimate of drug-likeness (QED) is 0.352. The molecule has 9 heteroatoms. The number of carbonyl (C=O) groups excluding carboxylic acids is 1. The fourth-order valence-corrected chi connectivity index (χ4v) is 4.42. The van der Waals surface area contributed by atoms with Crippen LogP contribution in [0.3, 0.4) is 0 Å². The van der Waals surface area contributed by atoms with Crippen LogP contribution in [0.2, 0.25) is 5.02 Å². The number of hydrogen-bond donors (Lipinski definition) is 1. The molecule has 4 aromatic rings. The number of ether oxygens (including phenoxy) is 1. The smallest absolute Gasteiger partial charge is 0.311 e. The highest BCUT2D eigenvalue weighted by Crippen LogP contribution is 2.25. The number of aromatic nitrogens is 3. The largest absolute Gasteiger partial charge is 0.469 e. The number of nitrogens with zero attached hydrogens (tertiary/aromatic N) is 3. The molecule has 0 saturated carbocycles.